The second-order valence-electron chi connectivity index (χ2n) is 5.78. The molecule has 0 saturated carbocycles. The van der Waals surface area contributed by atoms with Gasteiger partial charge in [0.1, 0.15) is 24.7 Å². The number of benzene rings is 2. The Morgan fingerprint density at radius 1 is 0.840 bits per heavy atom. The van der Waals surface area contributed by atoms with Crippen molar-refractivity contribution < 1.29 is 9.47 Å². The van der Waals surface area contributed by atoms with Crippen molar-refractivity contribution >= 4 is 43.6 Å². The Labute approximate surface area is 170 Å². The summed E-state index contributed by atoms with van der Waals surface area (Å²) in [7, 11) is 0. The predicted octanol–water partition coefficient (Wildman–Crippen LogP) is 7.27. The van der Waals surface area contributed by atoms with Gasteiger partial charge >= 0.3 is 0 Å². The first-order valence-electron chi connectivity index (χ1n) is 7.66. The van der Waals surface area contributed by atoms with Gasteiger partial charge in [-0.1, -0.05) is 24.9 Å². The molecule has 0 saturated heterocycles. The van der Waals surface area contributed by atoms with Crippen molar-refractivity contribution in [3.63, 3.8) is 0 Å². The SMILES string of the molecule is C=C(C)COc1ccc(Sc2ccc(OCC(=C)C)cc2Br)c(Br)c1. The monoisotopic (exact) mass is 482 g/mol. The van der Waals surface area contributed by atoms with Crippen molar-refractivity contribution in [2.24, 2.45) is 0 Å². The Bertz CT molecular complexity index is 722. The molecule has 25 heavy (non-hydrogen) atoms. The van der Waals surface area contributed by atoms with Gasteiger partial charge in [-0.2, -0.15) is 0 Å². The molecule has 0 N–H and O–H groups in total. The number of halogens is 2. The van der Waals surface area contributed by atoms with Crippen LogP contribution in [0.4, 0.5) is 0 Å². The average molecular weight is 484 g/mol. The summed E-state index contributed by atoms with van der Waals surface area (Å²) in [4.78, 5) is 2.22. The molecule has 2 nitrogen and oxygen atoms in total. The summed E-state index contributed by atoms with van der Waals surface area (Å²) in [5, 5.41) is 0. The second kappa shape index (κ2) is 9.51. The van der Waals surface area contributed by atoms with Crippen LogP contribution in [0.2, 0.25) is 0 Å². The fourth-order valence-electron chi connectivity index (χ4n) is 1.84. The summed E-state index contributed by atoms with van der Waals surface area (Å²) in [6.45, 7) is 12.6. The zero-order valence-electron chi connectivity index (χ0n) is 14.3. The Balaban J connectivity index is 2.08. The molecule has 2 rings (SSSR count). The summed E-state index contributed by atoms with van der Waals surface area (Å²) in [5.74, 6) is 1.64. The van der Waals surface area contributed by atoms with Gasteiger partial charge in [0, 0.05) is 18.7 Å². The molecule has 0 aromatic heterocycles. The minimum atomic E-state index is 0.524. The van der Waals surface area contributed by atoms with Gasteiger partial charge in [-0.25, -0.2) is 0 Å². The molecule has 0 spiro atoms. The van der Waals surface area contributed by atoms with E-state index in [1.54, 1.807) is 11.8 Å². The summed E-state index contributed by atoms with van der Waals surface area (Å²) in [6.07, 6.45) is 0. The van der Waals surface area contributed by atoms with E-state index in [1.807, 2.05) is 50.2 Å². The average Bonchev–Trinajstić information content (AvgIpc) is 2.55. The van der Waals surface area contributed by atoms with E-state index < -0.39 is 0 Å². The van der Waals surface area contributed by atoms with Crippen LogP contribution in [-0.2, 0) is 0 Å². The minimum absolute atomic E-state index is 0.524. The van der Waals surface area contributed by atoms with E-state index in [0.717, 1.165) is 41.4 Å². The third-order valence-electron chi connectivity index (χ3n) is 3.00. The molecule has 0 aliphatic carbocycles. The van der Waals surface area contributed by atoms with Gasteiger partial charge in [0.05, 0.1) is 0 Å². The minimum Gasteiger partial charge on any atom is -0.489 e. The van der Waals surface area contributed by atoms with Gasteiger partial charge in [0.15, 0.2) is 0 Å². The van der Waals surface area contributed by atoms with Gasteiger partial charge in [-0.15, -0.1) is 0 Å². The quantitative estimate of drug-likeness (QED) is 0.367. The van der Waals surface area contributed by atoms with Crippen LogP contribution in [0.3, 0.4) is 0 Å². The molecule has 0 heterocycles. The summed E-state index contributed by atoms with van der Waals surface area (Å²) < 4.78 is 13.3. The smallest absolute Gasteiger partial charge is 0.121 e. The highest BCUT2D eigenvalue weighted by Gasteiger charge is 2.09. The topological polar surface area (TPSA) is 18.5 Å². The molecule has 0 amide bonds. The molecule has 132 valence electrons. The molecule has 0 unspecified atom stereocenters. The predicted molar refractivity (Wildman–Crippen MR) is 113 cm³/mol. The van der Waals surface area contributed by atoms with Gasteiger partial charge in [0.2, 0.25) is 0 Å². The van der Waals surface area contributed by atoms with E-state index in [0.29, 0.717) is 13.2 Å². The molecule has 0 atom stereocenters. The van der Waals surface area contributed by atoms with Crippen molar-refractivity contribution in [3.05, 3.63) is 69.6 Å². The first kappa shape index (κ1) is 20.1. The fraction of sp³-hybridized carbons (Fsp3) is 0.200. The Morgan fingerprint density at radius 3 is 1.56 bits per heavy atom. The van der Waals surface area contributed by atoms with Crippen molar-refractivity contribution in [1.29, 1.82) is 0 Å². The van der Waals surface area contributed by atoms with Crippen LogP contribution >= 0.6 is 43.6 Å². The van der Waals surface area contributed by atoms with Crippen LogP contribution in [0.5, 0.6) is 11.5 Å². The van der Waals surface area contributed by atoms with Crippen LogP contribution in [0, 0.1) is 0 Å². The summed E-state index contributed by atoms with van der Waals surface area (Å²) in [6, 6.07) is 12.0. The maximum atomic E-state index is 5.67. The molecule has 0 radical (unpaired) electrons. The third-order valence-corrected chi connectivity index (χ3v) is 5.99. The summed E-state index contributed by atoms with van der Waals surface area (Å²) >= 11 is 8.90. The van der Waals surface area contributed by atoms with Crippen LogP contribution in [0.15, 0.2) is 79.4 Å². The van der Waals surface area contributed by atoms with Crippen LogP contribution < -0.4 is 9.47 Å². The third kappa shape index (κ3) is 6.57. The van der Waals surface area contributed by atoms with E-state index in [9.17, 15) is 0 Å². The molecule has 0 aliphatic rings. The first-order chi connectivity index (χ1) is 11.8. The molecule has 0 bridgehead atoms. The molecule has 2 aromatic carbocycles. The van der Waals surface area contributed by atoms with E-state index >= 15 is 0 Å². The van der Waals surface area contributed by atoms with E-state index in [1.165, 1.54) is 0 Å². The molecule has 2 aromatic rings. The van der Waals surface area contributed by atoms with Gasteiger partial charge in [0.25, 0.3) is 0 Å². The lowest BCUT2D eigenvalue weighted by Crippen LogP contribution is -1.97. The fourth-order valence-corrected chi connectivity index (χ4v) is 3.86. The molecule has 0 fully saturated rings. The molecule has 5 heteroatoms. The van der Waals surface area contributed by atoms with E-state index in [2.05, 4.69) is 45.0 Å². The largest absolute Gasteiger partial charge is 0.489 e. The normalized spacial score (nSPS) is 10.4. The zero-order valence-corrected chi connectivity index (χ0v) is 18.3. The molecule has 0 aliphatic heterocycles. The zero-order chi connectivity index (χ0) is 18.4. The maximum Gasteiger partial charge on any atom is 0.121 e. The van der Waals surface area contributed by atoms with Crippen LogP contribution in [-0.4, -0.2) is 13.2 Å². The second-order valence-corrected chi connectivity index (χ2v) is 8.57. The standard InChI is InChI=1S/C20H20Br2O2S/c1-13(2)11-23-15-5-7-19(17(21)9-15)25-20-8-6-16(10-18(20)22)24-12-14(3)4/h5-10H,1,3,11-12H2,2,4H3. The number of hydrogen-bond acceptors (Lipinski definition) is 3. The first-order valence-corrected chi connectivity index (χ1v) is 10.1. The highest BCUT2D eigenvalue weighted by atomic mass is 79.9. The Kier molecular flexibility index (Phi) is 7.66. The van der Waals surface area contributed by atoms with E-state index in [-0.39, 0.29) is 0 Å². The molecular formula is C20H20Br2O2S. The van der Waals surface area contributed by atoms with Gasteiger partial charge in [-0.3, -0.25) is 0 Å². The Morgan fingerprint density at radius 2 is 1.24 bits per heavy atom. The molecular weight excluding hydrogens is 464 g/mol. The van der Waals surface area contributed by atoms with Crippen molar-refractivity contribution in [2.75, 3.05) is 13.2 Å². The highest BCUT2D eigenvalue weighted by molar-refractivity contribution is 9.11. The number of hydrogen-bond donors (Lipinski definition) is 0. The van der Waals surface area contributed by atoms with Gasteiger partial charge in [-0.05, 0) is 93.3 Å². The van der Waals surface area contributed by atoms with Crippen molar-refractivity contribution in [1.82, 2.24) is 0 Å². The lowest BCUT2D eigenvalue weighted by atomic mass is 10.3. The lowest BCUT2D eigenvalue weighted by molar-refractivity contribution is 0.352. The van der Waals surface area contributed by atoms with Crippen LogP contribution in [0.1, 0.15) is 13.8 Å². The van der Waals surface area contributed by atoms with Crippen molar-refractivity contribution in [3.8, 4) is 11.5 Å². The number of rotatable bonds is 8. The van der Waals surface area contributed by atoms with Gasteiger partial charge < -0.3 is 9.47 Å². The number of ether oxygens (including phenoxy) is 2. The Hall–Kier alpha value is -1.17. The van der Waals surface area contributed by atoms with Crippen molar-refractivity contribution in [2.45, 2.75) is 23.6 Å². The van der Waals surface area contributed by atoms with Crippen LogP contribution in [0.25, 0.3) is 0 Å². The summed E-state index contributed by atoms with van der Waals surface area (Å²) in [5.41, 5.74) is 1.99. The van der Waals surface area contributed by atoms with E-state index in [4.69, 9.17) is 9.47 Å². The maximum absolute atomic E-state index is 5.67. The lowest BCUT2D eigenvalue weighted by Gasteiger charge is -2.11. The highest BCUT2D eigenvalue weighted by Crippen LogP contribution is 2.40.